The molecular formula is C19H21FN2O6. The molecule has 8 nitrogen and oxygen atoms in total. The van der Waals surface area contributed by atoms with Crippen LogP contribution in [0.5, 0.6) is 5.75 Å². The van der Waals surface area contributed by atoms with E-state index in [1.165, 1.54) is 31.4 Å². The fourth-order valence-electron chi connectivity index (χ4n) is 2.35. The molecule has 0 saturated carbocycles. The molecular weight excluding hydrogens is 371 g/mol. The molecule has 2 rings (SSSR count). The van der Waals surface area contributed by atoms with Crippen molar-refractivity contribution in [2.24, 2.45) is 0 Å². The molecule has 0 aliphatic heterocycles. The second kappa shape index (κ2) is 8.66. The molecule has 0 unspecified atom stereocenters. The number of methoxy groups -OCH3 is 1. The molecule has 0 spiro atoms. The van der Waals surface area contributed by atoms with Crippen LogP contribution >= 0.6 is 0 Å². The van der Waals surface area contributed by atoms with Crippen molar-refractivity contribution in [3.05, 3.63) is 52.3 Å². The molecule has 2 aromatic carbocycles. The summed E-state index contributed by atoms with van der Waals surface area (Å²) < 4.78 is 28.8. The van der Waals surface area contributed by atoms with Crippen LogP contribution in [0.15, 0.2) is 36.4 Å². The van der Waals surface area contributed by atoms with Crippen LogP contribution in [0.1, 0.15) is 20.8 Å². The van der Waals surface area contributed by atoms with Gasteiger partial charge in [0.05, 0.1) is 4.92 Å². The van der Waals surface area contributed by atoms with E-state index in [-0.39, 0.29) is 23.9 Å². The largest absolute Gasteiger partial charge is 0.467 e. The molecule has 28 heavy (non-hydrogen) atoms. The highest BCUT2D eigenvalue weighted by Gasteiger charge is 2.22. The number of rotatable bonds is 6. The number of hydrogen-bond donors (Lipinski definition) is 1. The van der Waals surface area contributed by atoms with Gasteiger partial charge in [0.1, 0.15) is 22.9 Å². The topological polar surface area (TPSA) is 99.9 Å². The fourth-order valence-corrected chi connectivity index (χ4v) is 2.35. The summed E-state index contributed by atoms with van der Waals surface area (Å²) >= 11 is 0. The minimum atomic E-state index is -0.811. The molecule has 1 N–H and O–H groups in total. The van der Waals surface area contributed by atoms with Gasteiger partial charge in [0, 0.05) is 24.8 Å². The molecule has 0 aliphatic carbocycles. The first kappa shape index (κ1) is 21.1. The maximum Gasteiger partial charge on any atom is 0.412 e. The average Bonchev–Trinajstić information content (AvgIpc) is 2.58. The molecule has 2 aromatic rings. The first-order valence-corrected chi connectivity index (χ1v) is 8.31. The lowest BCUT2D eigenvalue weighted by Gasteiger charge is -2.19. The number of hydrogen-bond acceptors (Lipinski definition) is 6. The van der Waals surface area contributed by atoms with Crippen molar-refractivity contribution >= 4 is 17.5 Å². The number of anilines is 1. The van der Waals surface area contributed by atoms with Gasteiger partial charge in [0.15, 0.2) is 6.79 Å². The number of nitro groups is 1. The van der Waals surface area contributed by atoms with Gasteiger partial charge in [-0.25, -0.2) is 9.18 Å². The maximum atomic E-state index is 13.6. The quantitative estimate of drug-likeness (QED) is 0.433. The third-order valence-electron chi connectivity index (χ3n) is 3.42. The van der Waals surface area contributed by atoms with Gasteiger partial charge in [-0.2, -0.15) is 0 Å². The van der Waals surface area contributed by atoms with E-state index in [2.05, 4.69) is 5.32 Å². The number of halogens is 1. The highest BCUT2D eigenvalue weighted by Crippen LogP contribution is 2.36. The summed E-state index contributed by atoms with van der Waals surface area (Å²) in [6.07, 6.45) is -0.811. The number of nitrogens with one attached hydrogen (secondary N) is 1. The monoisotopic (exact) mass is 392 g/mol. The van der Waals surface area contributed by atoms with E-state index >= 15 is 0 Å². The zero-order chi connectivity index (χ0) is 20.9. The number of amides is 1. The Kier molecular flexibility index (Phi) is 6.53. The van der Waals surface area contributed by atoms with Gasteiger partial charge in [-0.05, 0) is 44.5 Å². The summed E-state index contributed by atoms with van der Waals surface area (Å²) in [4.78, 5) is 22.8. The Hall–Kier alpha value is -3.20. The lowest BCUT2D eigenvalue weighted by Crippen LogP contribution is -2.27. The van der Waals surface area contributed by atoms with Gasteiger partial charge < -0.3 is 14.2 Å². The van der Waals surface area contributed by atoms with Crippen LogP contribution in [-0.2, 0) is 9.47 Å². The number of nitrogens with zero attached hydrogens (tertiary/aromatic N) is 1. The average molecular weight is 392 g/mol. The summed E-state index contributed by atoms with van der Waals surface area (Å²) in [6.45, 7) is 4.93. The maximum absolute atomic E-state index is 13.6. The summed E-state index contributed by atoms with van der Waals surface area (Å²) in [5.41, 5.74) is -0.270. The van der Waals surface area contributed by atoms with E-state index in [1.54, 1.807) is 26.8 Å². The van der Waals surface area contributed by atoms with Crippen LogP contribution in [0.4, 0.5) is 20.6 Å². The Morgan fingerprint density at radius 1 is 1.21 bits per heavy atom. The lowest BCUT2D eigenvalue weighted by atomic mass is 10.0. The van der Waals surface area contributed by atoms with Crippen molar-refractivity contribution in [3.63, 3.8) is 0 Å². The summed E-state index contributed by atoms with van der Waals surface area (Å²) in [7, 11) is 1.42. The van der Waals surface area contributed by atoms with Crippen LogP contribution in [-0.4, -0.2) is 30.5 Å². The Bertz CT molecular complexity index is 879. The van der Waals surface area contributed by atoms with Crippen LogP contribution in [0.25, 0.3) is 11.1 Å². The van der Waals surface area contributed by atoms with Crippen molar-refractivity contribution in [1.29, 1.82) is 0 Å². The van der Waals surface area contributed by atoms with E-state index in [0.717, 1.165) is 6.07 Å². The molecule has 0 radical (unpaired) electrons. The Balaban J connectivity index is 2.40. The second-order valence-electron chi connectivity index (χ2n) is 6.81. The van der Waals surface area contributed by atoms with Gasteiger partial charge in [-0.15, -0.1) is 0 Å². The van der Waals surface area contributed by atoms with E-state index in [4.69, 9.17) is 14.2 Å². The van der Waals surface area contributed by atoms with Crippen molar-refractivity contribution in [2.45, 2.75) is 26.4 Å². The van der Waals surface area contributed by atoms with E-state index < -0.39 is 22.4 Å². The molecule has 0 bridgehead atoms. The van der Waals surface area contributed by atoms with E-state index in [1.807, 2.05) is 0 Å². The number of carbonyl (C=O) groups is 1. The van der Waals surface area contributed by atoms with Crippen LogP contribution < -0.4 is 10.1 Å². The molecule has 0 heterocycles. The Morgan fingerprint density at radius 2 is 1.93 bits per heavy atom. The standard InChI is InChI=1S/C19H21FN2O6/c1-19(2,3)28-18(23)21-15-8-5-12(9-16(15)22(24)25)14-7-6-13(20)10-17(14)27-11-26-4/h5-10H,11H2,1-4H3,(H,21,23). The Labute approximate surface area is 161 Å². The molecule has 0 aliphatic rings. The summed E-state index contributed by atoms with van der Waals surface area (Å²) in [5, 5.41) is 13.9. The van der Waals surface area contributed by atoms with Gasteiger partial charge in [0.25, 0.3) is 5.69 Å². The zero-order valence-corrected chi connectivity index (χ0v) is 15.9. The third-order valence-corrected chi connectivity index (χ3v) is 3.42. The van der Waals surface area contributed by atoms with E-state index in [0.29, 0.717) is 11.1 Å². The SMILES string of the molecule is COCOc1cc(F)ccc1-c1ccc(NC(=O)OC(C)(C)C)c([N+](=O)[O-])c1. The molecule has 0 saturated heterocycles. The molecule has 1 amide bonds. The van der Waals surface area contributed by atoms with Gasteiger partial charge in [-0.1, -0.05) is 6.07 Å². The van der Waals surface area contributed by atoms with Gasteiger partial charge in [0.2, 0.25) is 0 Å². The molecule has 0 fully saturated rings. The highest BCUT2D eigenvalue weighted by molar-refractivity contribution is 5.89. The molecule has 0 aromatic heterocycles. The predicted molar refractivity (Wildman–Crippen MR) is 101 cm³/mol. The summed E-state index contributed by atoms with van der Waals surface area (Å²) in [6, 6.07) is 8.01. The van der Waals surface area contributed by atoms with E-state index in [9.17, 15) is 19.3 Å². The van der Waals surface area contributed by atoms with Crippen molar-refractivity contribution in [2.75, 3.05) is 19.2 Å². The van der Waals surface area contributed by atoms with Crippen LogP contribution in [0.2, 0.25) is 0 Å². The van der Waals surface area contributed by atoms with Crippen LogP contribution in [0, 0.1) is 15.9 Å². The second-order valence-corrected chi connectivity index (χ2v) is 6.81. The zero-order valence-electron chi connectivity index (χ0n) is 15.9. The summed E-state index contributed by atoms with van der Waals surface area (Å²) in [5.74, 6) is -0.350. The molecule has 0 atom stereocenters. The third kappa shape index (κ3) is 5.65. The van der Waals surface area contributed by atoms with Gasteiger partial charge in [-0.3, -0.25) is 15.4 Å². The van der Waals surface area contributed by atoms with Crippen molar-refractivity contribution in [1.82, 2.24) is 0 Å². The van der Waals surface area contributed by atoms with Crippen molar-refractivity contribution < 1.29 is 28.3 Å². The fraction of sp³-hybridized carbons (Fsp3) is 0.316. The number of benzene rings is 2. The Morgan fingerprint density at radius 3 is 2.54 bits per heavy atom. The first-order chi connectivity index (χ1) is 13.1. The highest BCUT2D eigenvalue weighted by atomic mass is 19.1. The number of ether oxygens (including phenoxy) is 3. The van der Waals surface area contributed by atoms with Crippen molar-refractivity contribution in [3.8, 4) is 16.9 Å². The minimum absolute atomic E-state index is 0.0236. The lowest BCUT2D eigenvalue weighted by molar-refractivity contribution is -0.383. The smallest absolute Gasteiger partial charge is 0.412 e. The first-order valence-electron chi connectivity index (χ1n) is 8.31. The number of nitro benzene ring substituents is 1. The predicted octanol–water partition coefficient (Wildman–Crippen LogP) is 4.73. The van der Waals surface area contributed by atoms with Gasteiger partial charge >= 0.3 is 6.09 Å². The minimum Gasteiger partial charge on any atom is -0.467 e. The molecule has 9 heteroatoms. The van der Waals surface area contributed by atoms with Crippen LogP contribution in [0.3, 0.4) is 0 Å². The number of carbonyl (C=O) groups excluding carboxylic acids is 1. The normalized spacial score (nSPS) is 11.0. The molecule has 150 valence electrons.